The van der Waals surface area contributed by atoms with Crippen molar-refractivity contribution in [1.29, 1.82) is 0 Å². The zero-order valence-corrected chi connectivity index (χ0v) is 11.7. The van der Waals surface area contributed by atoms with Crippen molar-refractivity contribution in [1.82, 2.24) is 4.57 Å². The third kappa shape index (κ3) is 3.38. The van der Waals surface area contributed by atoms with Crippen LogP contribution in [0, 0.1) is 0 Å². The number of hydrogen-bond acceptors (Lipinski definition) is 2. The van der Waals surface area contributed by atoms with Crippen LogP contribution < -0.4 is 0 Å². The summed E-state index contributed by atoms with van der Waals surface area (Å²) in [5.74, 6) is -0.350. The molecule has 2 aromatic rings. The molecule has 0 radical (unpaired) electrons. The third-order valence-electron chi connectivity index (χ3n) is 3.39. The number of methoxy groups -OCH3 is 1. The van der Waals surface area contributed by atoms with Gasteiger partial charge in [0.05, 0.1) is 18.7 Å². The minimum absolute atomic E-state index is 0.0716. The predicted molar refractivity (Wildman–Crippen MR) is 79.4 cm³/mol. The molecule has 0 N–H and O–H groups in total. The van der Waals surface area contributed by atoms with Crippen molar-refractivity contribution in [3.8, 4) is 0 Å². The Morgan fingerprint density at radius 1 is 1.20 bits per heavy atom. The highest BCUT2D eigenvalue weighted by atomic mass is 16.5. The van der Waals surface area contributed by atoms with Gasteiger partial charge < -0.3 is 9.30 Å². The van der Waals surface area contributed by atoms with Gasteiger partial charge in [-0.05, 0) is 30.5 Å². The lowest BCUT2D eigenvalue weighted by Gasteiger charge is -2.20. The molecule has 0 fully saturated rings. The third-order valence-corrected chi connectivity index (χ3v) is 3.39. The highest BCUT2D eigenvalue weighted by Crippen LogP contribution is 2.23. The van der Waals surface area contributed by atoms with Gasteiger partial charge in [0.2, 0.25) is 0 Å². The molecular formula is C17H19NO2. The highest BCUT2D eigenvalue weighted by Gasteiger charge is 2.20. The maximum atomic E-state index is 11.7. The molecule has 1 aromatic heterocycles. The molecule has 1 aromatic carbocycles. The predicted octanol–water partition coefficient (Wildman–Crippen LogP) is 3.39. The Kier molecular flexibility index (Phi) is 4.77. The van der Waals surface area contributed by atoms with Crippen molar-refractivity contribution < 1.29 is 9.53 Å². The summed E-state index contributed by atoms with van der Waals surface area (Å²) >= 11 is 0. The van der Waals surface area contributed by atoms with Crippen molar-refractivity contribution in [2.24, 2.45) is 0 Å². The van der Waals surface area contributed by atoms with Crippen LogP contribution in [0.1, 0.15) is 18.0 Å². The minimum Gasteiger partial charge on any atom is -0.466 e. The number of carbonyl (C=O) groups excluding carboxylic acids is 1. The summed E-state index contributed by atoms with van der Waals surface area (Å²) in [5, 5.41) is 0. The molecule has 0 aliphatic heterocycles. The summed E-state index contributed by atoms with van der Waals surface area (Å²) < 4.78 is 6.79. The van der Waals surface area contributed by atoms with Crippen molar-refractivity contribution in [3.63, 3.8) is 0 Å². The molecule has 0 saturated carbocycles. The lowest BCUT2D eigenvalue weighted by molar-refractivity contribution is -0.136. The topological polar surface area (TPSA) is 31.2 Å². The summed E-state index contributed by atoms with van der Waals surface area (Å²) in [6.45, 7) is 3.90. The van der Waals surface area contributed by atoms with E-state index in [-0.39, 0.29) is 12.0 Å². The van der Waals surface area contributed by atoms with E-state index in [9.17, 15) is 4.79 Å². The van der Waals surface area contributed by atoms with Crippen LogP contribution in [-0.4, -0.2) is 17.6 Å². The van der Waals surface area contributed by atoms with E-state index < -0.39 is 0 Å². The maximum absolute atomic E-state index is 11.7. The molecule has 2 rings (SSSR count). The second-order valence-electron chi connectivity index (χ2n) is 4.69. The number of benzene rings is 1. The summed E-state index contributed by atoms with van der Waals surface area (Å²) in [6.07, 6.45) is 5.60. The lowest BCUT2D eigenvalue weighted by atomic mass is 10.00. The van der Waals surface area contributed by atoms with Gasteiger partial charge >= 0.3 is 5.97 Å². The van der Waals surface area contributed by atoms with Crippen molar-refractivity contribution >= 4 is 5.97 Å². The van der Waals surface area contributed by atoms with Crippen LogP contribution in [0.4, 0.5) is 0 Å². The normalized spacial score (nSPS) is 11.8. The fourth-order valence-corrected chi connectivity index (χ4v) is 2.27. The number of carbonyl (C=O) groups is 1. The van der Waals surface area contributed by atoms with Crippen LogP contribution in [-0.2, 0) is 16.0 Å². The second-order valence-corrected chi connectivity index (χ2v) is 4.69. The second kappa shape index (κ2) is 6.75. The van der Waals surface area contributed by atoms with Gasteiger partial charge in [0, 0.05) is 12.4 Å². The van der Waals surface area contributed by atoms with Crippen LogP contribution >= 0.6 is 0 Å². The summed E-state index contributed by atoms with van der Waals surface area (Å²) in [5.41, 5.74) is 1.74. The van der Waals surface area contributed by atoms with Crippen LogP contribution in [0.2, 0.25) is 0 Å². The number of ether oxygens (including phenoxy) is 1. The van der Waals surface area contributed by atoms with E-state index in [0.29, 0.717) is 5.57 Å². The minimum atomic E-state index is -0.350. The molecule has 104 valence electrons. The first kappa shape index (κ1) is 14.1. The lowest BCUT2D eigenvalue weighted by Crippen LogP contribution is -2.17. The van der Waals surface area contributed by atoms with Crippen LogP contribution in [0.5, 0.6) is 0 Å². The molecule has 1 atom stereocenters. The largest absolute Gasteiger partial charge is 0.466 e. The molecule has 1 heterocycles. The first-order valence-electron chi connectivity index (χ1n) is 6.66. The summed E-state index contributed by atoms with van der Waals surface area (Å²) in [7, 11) is 1.39. The van der Waals surface area contributed by atoms with Crippen molar-refractivity contribution in [3.05, 3.63) is 72.6 Å². The number of aromatic nitrogens is 1. The molecule has 20 heavy (non-hydrogen) atoms. The standard InChI is InChI=1S/C17H19NO2/c1-14(17(19)20-2)16(18-12-6-7-13-18)11-10-15-8-4-3-5-9-15/h3-9,12-13,16H,1,10-11H2,2H3. The van der Waals surface area contributed by atoms with E-state index in [0.717, 1.165) is 12.8 Å². The SMILES string of the molecule is C=C(C(=O)OC)C(CCc1ccccc1)n1cccc1. The molecular weight excluding hydrogens is 250 g/mol. The smallest absolute Gasteiger partial charge is 0.335 e. The Morgan fingerprint density at radius 3 is 2.45 bits per heavy atom. The van der Waals surface area contributed by atoms with E-state index in [1.807, 2.05) is 47.3 Å². The van der Waals surface area contributed by atoms with Crippen LogP contribution in [0.15, 0.2) is 67.0 Å². The monoisotopic (exact) mass is 269 g/mol. The van der Waals surface area contributed by atoms with Gasteiger partial charge in [0.25, 0.3) is 0 Å². The summed E-state index contributed by atoms with van der Waals surface area (Å²) in [4.78, 5) is 11.7. The Morgan fingerprint density at radius 2 is 1.85 bits per heavy atom. The maximum Gasteiger partial charge on any atom is 0.335 e. The number of hydrogen-bond donors (Lipinski definition) is 0. The van der Waals surface area contributed by atoms with Crippen LogP contribution in [0.25, 0.3) is 0 Å². The number of aryl methyl sites for hydroxylation is 1. The zero-order chi connectivity index (χ0) is 14.4. The van der Waals surface area contributed by atoms with Gasteiger partial charge in [-0.15, -0.1) is 0 Å². The first-order chi connectivity index (χ1) is 9.72. The van der Waals surface area contributed by atoms with Gasteiger partial charge in [0.1, 0.15) is 0 Å². The van der Waals surface area contributed by atoms with E-state index in [1.165, 1.54) is 12.7 Å². The molecule has 0 aliphatic rings. The molecule has 0 spiro atoms. The van der Waals surface area contributed by atoms with Gasteiger partial charge in [-0.3, -0.25) is 0 Å². The number of nitrogens with zero attached hydrogens (tertiary/aromatic N) is 1. The fourth-order valence-electron chi connectivity index (χ4n) is 2.27. The average molecular weight is 269 g/mol. The number of rotatable bonds is 6. The van der Waals surface area contributed by atoms with Gasteiger partial charge in [-0.25, -0.2) is 4.79 Å². The molecule has 0 saturated heterocycles. The van der Waals surface area contributed by atoms with E-state index in [4.69, 9.17) is 4.74 Å². The Hall–Kier alpha value is -2.29. The van der Waals surface area contributed by atoms with Gasteiger partial charge in [0.15, 0.2) is 0 Å². The highest BCUT2D eigenvalue weighted by molar-refractivity contribution is 5.88. The van der Waals surface area contributed by atoms with Gasteiger partial charge in [-0.2, -0.15) is 0 Å². The van der Waals surface area contributed by atoms with Crippen molar-refractivity contribution in [2.75, 3.05) is 7.11 Å². The van der Waals surface area contributed by atoms with E-state index >= 15 is 0 Å². The van der Waals surface area contributed by atoms with Crippen molar-refractivity contribution in [2.45, 2.75) is 18.9 Å². The Bertz CT molecular complexity index is 558. The molecule has 1 unspecified atom stereocenters. The Labute approximate surface area is 119 Å². The average Bonchev–Trinajstić information content (AvgIpc) is 3.01. The van der Waals surface area contributed by atoms with Gasteiger partial charge in [-0.1, -0.05) is 36.9 Å². The quantitative estimate of drug-likeness (QED) is 0.594. The molecule has 0 bridgehead atoms. The number of esters is 1. The summed E-state index contributed by atoms with van der Waals surface area (Å²) in [6, 6.07) is 14.0. The Balaban J connectivity index is 2.11. The molecule has 3 heteroatoms. The zero-order valence-electron chi connectivity index (χ0n) is 11.7. The molecule has 0 aliphatic carbocycles. The molecule has 3 nitrogen and oxygen atoms in total. The first-order valence-corrected chi connectivity index (χ1v) is 6.66. The molecule has 0 amide bonds. The van der Waals surface area contributed by atoms with E-state index in [2.05, 4.69) is 18.7 Å². The van der Waals surface area contributed by atoms with Crippen LogP contribution in [0.3, 0.4) is 0 Å². The van der Waals surface area contributed by atoms with E-state index in [1.54, 1.807) is 0 Å². The fraction of sp³-hybridized carbons (Fsp3) is 0.235.